The summed E-state index contributed by atoms with van der Waals surface area (Å²) in [6.45, 7) is 2.55. The van der Waals surface area contributed by atoms with E-state index in [1.54, 1.807) is 17.4 Å². The molecule has 0 aliphatic heterocycles. The van der Waals surface area contributed by atoms with Crippen LogP contribution in [0.2, 0.25) is 0 Å². The van der Waals surface area contributed by atoms with Crippen LogP contribution in [0.4, 0.5) is 9.52 Å². The largest absolute Gasteiger partial charge is 0.381 e. The van der Waals surface area contributed by atoms with Crippen molar-refractivity contribution in [1.29, 1.82) is 0 Å². The van der Waals surface area contributed by atoms with Crippen molar-refractivity contribution in [2.24, 2.45) is 5.92 Å². The average molecular weight is 280 g/mol. The van der Waals surface area contributed by atoms with Gasteiger partial charge in [-0.3, -0.25) is 0 Å². The monoisotopic (exact) mass is 280 g/mol. The molecule has 1 fully saturated rings. The summed E-state index contributed by atoms with van der Waals surface area (Å²) in [6, 6.07) is 4.71. The number of ether oxygens (including phenoxy) is 1. The lowest BCUT2D eigenvalue weighted by Crippen LogP contribution is -2.06. The first-order valence-electron chi connectivity index (χ1n) is 6.69. The Hall–Kier alpha value is -1.20. The number of benzene rings is 1. The topological polar surface area (TPSA) is 34.1 Å². The highest BCUT2D eigenvalue weighted by Crippen LogP contribution is 2.29. The van der Waals surface area contributed by atoms with Gasteiger partial charge in [-0.15, -0.1) is 0 Å². The molecule has 0 radical (unpaired) electrons. The normalized spacial score (nSPS) is 15.0. The fourth-order valence-corrected chi connectivity index (χ4v) is 2.75. The van der Waals surface area contributed by atoms with Crippen LogP contribution in [0.15, 0.2) is 18.2 Å². The summed E-state index contributed by atoms with van der Waals surface area (Å²) >= 11 is 1.55. The number of halogens is 1. The maximum Gasteiger partial charge on any atom is 0.183 e. The zero-order chi connectivity index (χ0) is 13.1. The highest BCUT2D eigenvalue weighted by Gasteiger charge is 2.20. The van der Waals surface area contributed by atoms with Crippen molar-refractivity contribution in [1.82, 2.24) is 4.98 Å². The van der Waals surface area contributed by atoms with Crippen molar-refractivity contribution in [3.05, 3.63) is 24.0 Å². The number of anilines is 1. The standard InChI is InChI=1S/C14H17FN2OS/c15-11-4-5-13-12(8-11)17-14(19-13)16-6-1-7-18-9-10-2-3-10/h4-5,8,10H,1-3,6-7,9H2,(H,16,17). The van der Waals surface area contributed by atoms with Gasteiger partial charge in [-0.25, -0.2) is 9.37 Å². The summed E-state index contributed by atoms with van der Waals surface area (Å²) in [7, 11) is 0. The number of aromatic nitrogens is 1. The van der Waals surface area contributed by atoms with E-state index in [9.17, 15) is 4.39 Å². The molecule has 1 aliphatic carbocycles. The molecule has 0 bridgehead atoms. The predicted octanol–water partition coefficient (Wildman–Crippen LogP) is 3.66. The second-order valence-corrected chi connectivity index (χ2v) is 5.96. The van der Waals surface area contributed by atoms with E-state index in [2.05, 4.69) is 10.3 Å². The Balaban J connectivity index is 1.42. The number of hydrogen-bond acceptors (Lipinski definition) is 4. The highest BCUT2D eigenvalue weighted by atomic mass is 32.1. The lowest BCUT2D eigenvalue weighted by atomic mass is 10.3. The minimum atomic E-state index is -0.238. The van der Waals surface area contributed by atoms with Gasteiger partial charge in [-0.05, 0) is 37.3 Å². The van der Waals surface area contributed by atoms with Crippen molar-refractivity contribution in [3.63, 3.8) is 0 Å². The smallest absolute Gasteiger partial charge is 0.183 e. The van der Waals surface area contributed by atoms with Gasteiger partial charge in [0.15, 0.2) is 5.13 Å². The molecular weight excluding hydrogens is 263 g/mol. The fourth-order valence-electron chi connectivity index (χ4n) is 1.88. The third kappa shape index (κ3) is 3.64. The van der Waals surface area contributed by atoms with Gasteiger partial charge >= 0.3 is 0 Å². The summed E-state index contributed by atoms with van der Waals surface area (Å²) in [6.07, 6.45) is 3.64. The Kier molecular flexibility index (Phi) is 3.94. The summed E-state index contributed by atoms with van der Waals surface area (Å²) in [5, 5.41) is 4.11. The van der Waals surface area contributed by atoms with E-state index in [-0.39, 0.29) is 5.82 Å². The summed E-state index contributed by atoms with van der Waals surface area (Å²) in [5.74, 6) is 0.588. The molecule has 1 N–H and O–H groups in total. The molecule has 3 rings (SSSR count). The molecule has 5 heteroatoms. The molecule has 102 valence electrons. The number of fused-ring (bicyclic) bond motifs is 1. The second-order valence-electron chi connectivity index (χ2n) is 4.93. The molecular formula is C14H17FN2OS. The third-order valence-corrected chi connectivity index (χ3v) is 4.14. The van der Waals surface area contributed by atoms with Crippen LogP contribution in [-0.2, 0) is 4.74 Å². The Morgan fingerprint density at radius 1 is 1.42 bits per heavy atom. The molecule has 0 spiro atoms. The SMILES string of the molecule is Fc1ccc2sc(NCCCOCC3CC3)nc2c1. The van der Waals surface area contributed by atoms with Gasteiger partial charge in [0.05, 0.1) is 10.2 Å². The Bertz CT molecular complexity index is 553. The van der Waals surface area contributed by atoms with Gasteiger partial charge in [0.2, 0.25) is 0 Å². The van der Waals surface area contributed by atoms with E-state index in [0.717, 1.165) is 47.4 Å². The van der Waals surface area contributed by atoms with E-state index in [4.69, 9.17) is 4.74 Å². The van der Waals surface area contributed by atoms with Crippen LogP contribution in [0.25, 0.3) is 10.2 Å². The quantitative estimate of drug-likeness (QED) is 0.786. The molecule has 0 amide bonds. The second kappa shape index (κ2) is 5.84. The van der Waals surface area contributed by atoms with Gasteiger partial charge in [-0.1, -0.05) is 11.3 Å². The average Bonchev–Trinajstić information content (AvgIpc) is 3.13. The van der Waals surface area contributed by atoms with Crippen molar-refractivity contribution in [2.75, 3.05) is 25.1 Å². The lowest BCUT2D eigenvalue weighted by Gasteiger charge is -2.03. The first-order chi connectivity index (χ1) is 9.31. The number of thiazole rings is 1. The Labute approximate surface area is 115 Å². The van der Waals surface area contributed by atoms with Crippen LogP contribution >= 0.6 is 11.3 Å². The van der Waals surface area contributed by atoms with E-state index in [1.807, 2.05) is 0 Å². The molecule has 1 aromatic heterocycles. The summed E-state index contributed by atoms with van der Waals surface area (Å²) in [4.78, 5) is 4.36. The van der Waals surface area contributed by atoms with Crippen LogP contribution in [0.3, 0.4) is 0 Å². The van der Waals surface area contributed by atoms with Crippen LogP contribution in [0.5, 0.6) is 0 Å². The van der Waals surface area contributed by atoms with Crippen molar-refractivity contribution in [2.45, 2.75) is 19.3 Å². The molecule has 1 saturated carbocycles. The highest BCUT2D eigenvalue weighted by molar-refractivity contribution is 7.22. The minimum absolute atomic E-state index is 0.238. The molecule has 1 aromatic carbocycles. The number of nitrogens with one attached hydrogen (secondary N) is 1. The number of nitrogens with zero attached hydrogens (tertiary/aromatic N) is 1. The molecule has 0 unspecified atom stereocenters. The first-order valence-corrected chi connectivity index (χ1v) is 7.50. The fraction of sp³-hybridized carbons (Fsp3) is 0.500. The maximum atomic E-state index is 13.0. The van der Waals surface area contributed by atoms with Crippen LogP contribution < -0.4 is 5.32 Å². The Morgan fingerprint density at radius 2 is 2.32 bits per heavy atom. The van der Waals surface area contributed by atoms with Crippen LogP contribution in [0, 0.1) is 11.7 Å². The van der Waals surface area contributed by atoms with Crippen LogP contribution in [-0.4, -0.2) is 24.7 Å². The van der Waals surface area contributed by atoms with Crippen molar-refractivity contribution < 1.29 is 9.13 Å². The molecule has 1 aliphatic rings. The zero-order valence-corrected chi connectivity index (χ0v) is 11.5. The summed E-state index contributed by atoms with van der Waals surface area (Å²) < 4.78 is 19.6. The molecule has 3 nitrogen and oxygen atoms in total. The molecule has 0 atom stereocenters. The molecule has 0 saturated heterocycles. The van der Waals surface area contributed by atoms with Crippen LogP contribution in [0.1, 0.15) is 19.3 Å². The molecule has 2 aromatic rings. The van der Waals surface area contributed by atoms with E-state index >= 15 is 0 Å². The lowest BCUT2D eigenvalue weighted by molar-refractivity contribution is 0.124. The minimum Gasteiger partial charge on any atom is -0.381 e. The van der Waals surface area contributed by atoms with Gasteiger partial charge < -0.3 is 10.1 Å². The van der Waals surface area contributed by atoms with Gasteiger partial charge in [0, 0.05) is 25.8 Å². The number of rotatable bonds is 7. The summed E-state index contributed by atoms with van der Waals surface area (Å²) in [5.41, 5.74) is 0.720. The number of hydrogen-bond donors (Lipinski definition) is 1. The van der Waals surface area contributed by atoms with E-state index in [0.29, 0.717) is 0 Å². The van der Waals surface area contributed by atoms with Gasteiger partial charge in [-0.2, -0.15) is 0 Å². The molecule has 1 heterocycles. The van der Waals surface area contributed by atoms with Gasteiger partial charge in [0.1, 0.15) is 5.82 Å². The predicted molar refractivity (Wildman–Crippen MR) is 76.2 cm³/mol. The van der Waals surface area contributed by atoms with E-state index in [1.165, 1.54) is 25.0 Å². The molecule has 19 heavy (non-hydrogen) atoms. The Morgan fingerprint density at radius 3 is 3.16 bits per heavy atom. The maximum absolute atomic E-state index is 13.0. The first kappa shape index (κ1) is 12.8. The third-order valence-electron chi connectivity index (χ3n) is 3.14. The van der Waals surface area contributed by atoms with Crippen molar-refractivity contribution in [3.8, 4) is 0 Å². The zero-order valence-electron chi connectivity index (χ0n) is 10.7. The van der Waals surface area contributed by atoms with Crippen molar-refractivity contribution >= 4 is 26.7 Å². The van der Waals surface area contributed by atoms with E-state index < -0.39 is 0 Å². The van der Waals surface area contributed by atoms with Gasteiger partial charge in [0.25, 0.3) is 0 Å².